The molecule has 0 bridgehead atoms. The second kappa shape index (κ2) is 9.07. The standard InChI is InChI=1S/C23H26N4O3/c1-2-30-22(28)14-19-11-5-6-13-27(19)23(29)21-16-26(25-24-21)15-18-10-7-9-17-8-3-4-12-20(17)18/h3-4,7-10,12,16,19H,2,5-6,11,13-15H2,1H3. The molecule has 1 saturated heterocycles. The molecule has 30 heavy (non-hydrogen) atoms. The minimum atomic E-state index is -0.262. The fraction of sp³-hybridized carbons (Fsp3) is 0.391. The van der Waals surface area contributed by atoms with Crippen LogP contribution in [0.2, 0.25) is 0 Å². The van der Waals surface area contributed by atoms with Crippen molar-refractivity contribution in [2.45, 2.75) is 45.2 Å². The second-order valence-electron chi connectivity index (χ2n) is 7.60. The maximum Gasteiger partial charge on any atom is 0.307 e. The first-order valence-electron chi connectivity index (χ1n) is 10.5. The van der Waals surface area contributed by atoms with Crippen molar-refractivity contribution in [3.05, 3.63) is 59.9 Å². The number of esters is 1. The zero-order valence-corrected chi connectivity index (χ0v) is 17.2. The molecule has 4 rings (SSSR count). The van der Waals surface area contributed by atoms with Gasteiger partial charge in [0.25, 0.3) is 5.91 Å². The van der Waals surface area contributed by atoms with Crippen LogP contribution in [0.15, 0.2) is 48.7 Å². The van der Waals surface area contributed by atoms with E-state index in [4.69, 9.17) is 4.74 Å². The number of carbonyl (C=O) groups excluding carboxylic acids is 2. The summed E-state index contributed by atoms with van der Waals surface area (Å²) in [7, 11) is 0. The van der Waals surface area contributed by atoms with Crippen LogP contribution in [0.25, 0.3) is 10.8 Å². The lowest BCUT2D eigenvalue weighted by Crippen LogP contribution is -2.45. The van der Waals surface area contributed by atoms with E-state index in [0.29, 0.717) is 25.4 Å². The molecule has 0 saturated carbocycles. The van der Waals surface area contributed by atoms with Gasteiger partial charge in [-0.1, -0.05) is 47.7 Å². The Kier molecular flexibility index (Phi) is 6.07. The van der Waals surface area contributed by atoms with Crippen molar-refractivity contribution in [2.75, 3.05) is 13.2 Å². The van der Waals surface area contributed by atoms with Gasteiger partial charge in [-0.25, -0.2) is 4.68 Å². The lowest BCUT2D eigenvalue weighted by atomic mass is 9.99. The van der Waals surface area contributed by atoms with Crippen LogP contribution >= 0.6 is 0 Å². The predicted molar refractivity (Wildman–Crippen MR) is 113 cm³/mol. The quantitative estimate of drug-likeness (QED) is 0.586. The molecule has 1 aliphatic rings. The summed E-state index contributed by atoms with van der Waals surface area (Å²) >= 11 is 0. The average Bonchev–Trinajstić information content (AvgIpc) is 3.23. The third kappa shape index (κ3) is 4.35. The first-order chi connectivity index (χ1) is 14.7. The van der Waals surface area contributed by atoms with Crippen molar-refractivity contribution >= 4 is 22.6 Å². The number of aromatic nitrogens is 3. The number of rotatable bonds is 6. The van der Waals surface area contributed by atoms with Crippen LogP contribution in [0.1, 0.15) is 48.7 Å². The molecule has 156 valence electrons. The number of carbonyl (C=O) groups is 2. The van der Waals surface area contributed by atoms with Crippen LogP contribution in [-0.2, 0) is 16.1 Å². The lowest BCUT2D eigenvalue weighted by molar-refractivity contribution is -0.144. The number of benzene rings is 2. The van der Waals surface area contributed by atoms with E-state index in [-0.39, 0.29) is 24.3 Å². The van der Waals surface area contributed by atoms with Crippen molar-refractivity contribution in [2.24, 2.45) is 0 Å². The SMILES string of the molecule is CCOC(=O)CC1CCCCN1C(=O)c1cn(Cc2cccc3ccccc23)nn1. The maximum absolute atomic E-state index is 13.1. The van der Waals surface area contributed by atoms with Gasteiger partial charge < -0.3 is 9.64 Å². The number of nitrogens with zero attached hydrogens (tertiary/aromatic N) is 4. The Bertz CT molecular complexity index is 1040. The number of ether oxygens (including phenoxy) is 1. The third-order valence-corrected chi connectivity index (χ3v) is 5.57. The Labute approximate surface area is 175 Å². The Hall–Kier alpha value is -3.22. The van der Waals surface area contributed by atoms with Crippen molar-refractivity contribution < 1.29 is 14.3 Å². The van der Waals surface area contributed by atoms with Crippen LogP contribution in [0.4, 0.5) is 0 Å². The summed E-state index contributed by atoms with van der Waals surface area (Å²) in [5.74, 6) is -0.435. The van der Waals surface area contributed by atoms with E-state index in [1.54, 1.807) is 22.7 Å². The van der Waals surface area contributed by atoms with Crippen LogP contribution in [-0.4, -0.2) is 51.0 Å². The Morgan fingerprint density at radius 1 is 1.13 bits per heavy atom. The summed E-state index contributed by atoms with van der Waals surface area (Å²) < 4.78 is 6.77. The molecule has 0 spiro atoms. The second-order valence-corrected chi connectivity index (χ2v) is 7.60. The molecule has 0 N–H and O–H groups in total. The molecular weight excluding hydrogens is 380 g/mol. The molecule has 1 aromatic heterocycles. The van der Waals surface area contributed by atoms with Gasteiger partial charge in [0.1, 0.15) is 0 Å². The molecule has 1 fully saturated rings. The first-order valence-corrected chi connectivity index (χ1v) is 10.5. The largest absolute Gasteiger partial charge is 0.466 e. The Morgan fingerprint density at radius 2 is 1.97 bits per heavy atom. The molecule has 2 heterocycles. The molecule has 1 aliphatic heterocycles. The zero-order valence-electron chi connectivity index (χ0n) is 17.2. The van der Waals surface area contributed by atoms with Gasteiger partial charge >= 0.3 is 5.97 Å². The van der Waals surface area contributed by atoms with Gasteiger partial charge in [0.15, 0.2) is 5.69 Å². The highest BCUT2D eigenvalue weighted by Crippen LogP contribution is 2.23. The highest BCUT2D eigenvalue weighted by atomic mass is 16.5. The normalized spacial score (nSPS) is 16.6. The summed E-state index contributed by atoms with van der Waals surface area (Å²) in [5.41, 5.74) is 1.43. The highest BCUT2D eigenvalue weighted by Gasteiger charge is 2.31. The van der Waals surface area contributed by atoms with Crippen molar-refractivity contribution in [1.82, 2.24) is 19.9 Å². The van der Waals surface area contributed by atoms with Crippen molar-refractivity contribution in [3.63, 3.8) is 0 Å². The molecule has 7 heteroatoms. The van der Waals surface area contributed by atoms with Crippen LogP contribution < -0.4 is 0 Å². The number of hydrogen-bond acceptors (Lipinski definition) is 5. The number of piperidine rings is 1. The van der Waals surface area contributed by atoms with E-state index in [1.807, 2.05) is 18.2 Å². The molecule has 0 radical (unpaired) electrons. The fourth-order valence-corrected chi connectivity index (χ4v) is 4.12. The molecule has 3 aromatic rings. The predicted octanol–water partition coefficient (Wildman–Crippen LogP) is 3.43. The van der Waals surface area contributed by atoms with Gasteiger partial charge in [-0.05, 0) is 42.5 Å². The molecule has 1 unspecified atom stereocenters. The van der Waals surface area contributed by atoms with Gasteiger partial charge in [-0.15, -0.1) is 5.10 Å². The van der Waals surface area contributed by atoms with Gasteiger partial charge in [0, 0.05) is 12.6 Å². The number of amides is 1. The van der Waals surface area contributed by atoms with Gasteiger partial charge in [0.05, 0.1) is 25.8 Å². The summed E-state index contributed by atoms with van der Waals surface area (Å²) in [6, 6.07) is 14.2. The summed E-state index contributed by atoms with van der Waals surface area (Å²) in [5, 5.41) is 10.6. The average molecular weight is 406 g/mol. The van der Waals surface area contributed by atoms with Crippen LogP contribution in [0.5, 0.6) is 0 Å². The fourth-order valence-electron chi connectivity index (χ4n) is 4.12. The number of hydrogen-bond donors (Lipinski definition) is 0. The smallest absolute Gasteiger partial charge is 0.307 e. The highest BCUT2D eigenvalue weighted by molar-refractivity contribution is 5.92. The van der Waals surface area contributed by atoms with Crippen molar-refractivity contribution in [3.8, 4) is 0 Å². The molecular formula is C23H26N4O3. The number of likely N-dealkylation sites (tertiary alicyclic amines) is 1. The minimum Gasteiger partial charge on any atom is -0.466 e. The maximum atomic E-state index is 13.1. The third-order valence-electron chi connectivity index (χ3n) is 5.57. The number of fused-ring (bicyclic) bond motifs is 1. The molecule has 0 aliphatic carbocycles. The molecule has 1 amide bonds. The van der Waals surface area contributed by atoms with E-state index < -0.39 is 0 Å². The molecule has 7 nitrogen and oxygen atoms in total. The van der Waals surface area contributed by atoms with Crippen molar-refractivity contribution in [1.29, 1.82) is 0 Å². The molecule has 1 atom stereocenters. The Morgan fingerprint density at radius 3 is 2.83 bits per heavy atom. The van der Waals surface area contributed by atoms with Crippen LogP contribution in [0, 0.1) is 0 Å². The van der Waals surface area contributed by atoms with Gasteiger partial charge in [0.2, 0.25) is 0 Å². The van der Waals surface area contributed by atoms with E-state index in [1.165, 1.54) is 5.39 Å². The van der Waals surface area contributed by atoms with Gasteiger partial charge in [-0.3, -0.25) is 9.59 Å². The lowest BCUT2D eigenvalue weighted by Gasteiger charge is -2.34. The summed E-state index contributed by atoms with van der Waals surface area (Å²) in [4.78, 5) is 26.8. The monoisotopic (exact) mass is 406 g/mol. The topological polar surface area (TPSA) is 77.3 Å². The Balaban J connectivity index is 1.49. The van der Waals surface area contributed by atoms with E-state index in [2.05, 4.69) is 34.6 Å². The van der Waals surface area contributed by atoms with Crippen LogP contribution in [0.3, 0.4) is 0 Å². The van der Waals surface area contributed by atoms with E-state index in [9.17, 15) is 9.59 Å². The van der Waals surface area contributed by atoms with E-state index in [0.717, 1.165) is 30.2 Å². The zero-order chi connectivity index (χ0) is 20.9. The first kappa shape index (κ1) is 20.1. The van der Waals surface area contributed by atoms with Gasteiger partial charge in [-0.2, -0.15) is 0 Å². The molecule has 2 aromatic carbocycles. The summed E-state index contributed by atoms with van der Waals surface area (Å²) in [6.45, 7) is 3.30. The summed E-state index contributed by atoms with van der Waals surface area (Å²) in [6.07, 6.45) is 4.65. The van der Waals surface area contributed by atoms with E-state index >= 15 is 0 Å². The minimum absolute atomic E-state index is 0.145.